The monoisotopic (exact) mass is 295 g/mol. The van der Waals surface area contributed by atoms with Crippen LogP contribution in [0.1, 0.15) is 18.9 Å². The summed E-state index contributed by atoms with van der Waals surface area (Å²) in [5, 5.41) is 3.77. The molecule has 1 N–H and O–H groups in total. The molecule has 0 atom stereocenters. The molecule has 1 aromatic heterocycles. The fraction of sp³-hybridized carbons (Fsp3) is 0.286. The van der Waals surface area contributed by atoms with Gasteiger partial charge in [0, 0.05) is 29.4 Å². The van der Waals surface area contributed by atoms with E-state index in [0.29, 0.717) is 10.1 Å². The maximum atomic E-state index is 13.1. The van der Waals surface area contributed by atoms with Crippen LogP contribution in [0.4, 0.5) is 8.78 Å². The van der Waals surface area contributed by atoms with Crippen LogP contribution in [0.25, 0.3) is 0 Å². The standard InChI is InChI=1S/C14H15F2N3S/c1-2-5-17-7-10-8-18-14(19-9-10)20-11-3-4-12(15)13(16)6-11/h3-4,6,8-9,17H,2,5,7H2,1H3. The van der Waals surface area contributed by atoms with Gasteiger partial charge < -0.3 is 5.32 Å². The maximum Gasteiger partial charge on any atom is 0.192 e. The Morgan fingerprint density at radius 3 is 2.55 bits per heavy atom. The average molecular weight is 295 g/mol. The SMILES string of the molecule is CCCNCc1cnc(Sc2ccc(F)c(F)c2)nc1. The summed E-state index contributed by atoms with van der Waals surface area (Å²) in [5.41, 5.74) is 0.994. The highest BCUT2D eigenvalue weighted by Gasteiger charge is 2.05. The molecule has 0 aliphatic carbocycles. The number of rotatable bonds is 6. The molecule has 1 aromatic carbocycles. The molecule has 0 radical (unpaired) electrons. The summed E-state index contributed by atoms with van der Waals surface area (Å²) in [5.74, 6) is -1.72. The Kier molecular flexibility index (Phi) is 5.43. The molecule has 0 fully saturated rings. The first-order valence-electron chi connectivity index (χ1n) is 6.33. The third-order valence-electron chi connectivity index (χ3n) is 2.54. The normalized spacial score (nSPS) is 10.8. The lowest BCUT2D eigenvalue weighted by molar-refractivity contribution is 0.506. The van der Waals surface area contributed by atoms with Crippen LogP contribution < -0.4 is 5.32 Å². The number of benzene rings is 1. The Morgan fingerprint density at radius 2 is 1.90 bits per heavy atom. The number of halogens is 2. The van der Waals surface area contributed by atoms with Crippen LogP contribution in [-0.2, 0) is 6.54 Å². The second-order valence-electron chi connectivity index (χ2n) is 4.23. The van der Waals surface area contributed by atoms with Crippen molar-refractivity contribution in [2.24, 2.45) is 0 Å². The van der Waals surface area contributed by atoms with Crippen molar-refractivity contribution in [1.29, 1.82) is 0 Å². The van der Waals surface area contributed by atoms with Crippen LogP contribution in [-0.4, -0.2) is 16.5 Å². The van der Waals surface area contributed by atoms with Gasteiger partial charge in [-0.1, -0.05) is 6.92 Å². The topological polar surface area (TPSA) is 37.8 Å². The van der Waals surface area contributed by atoms with Crippen LogP contribution in [0.5, 0.6) is 0 Å². The zero-order valence-electron chi connectivity index (χ0n) is 11.1. The lowest BCUT2D eigenvalue weighted by Gasteiger charge is -2.04. The summed E-state index contributed by atoms with van der Waals surface area (Å²) >= 11 is 1.20. The van der Waals surface area contributed by atoms with E-state index in [-0.39, 0.29) is 0 Å². The molecule has 0 spiro atoms. The van der Waals surface area contributed by atoms with Crippen LogP contribution in [0.15, 0.2) is 40.6 Å². The first-order chi connectivity index (χ1) is 9.69. The molecule has 0 amide bonds. The molecule has 0 aliphatic rings. The number of hydrogen-bond donors (Lipinski definition) is 1. The van der Waals surface area contributed by atoms with Gasteiger partial charge in [-0.15, -0.1) is 0 Å². The van der Waals surface area contributed by atoms with Gasteiger partial charge in [0.2, 0.25) is 0 Å². The molecule has 3 nitrogen and oxygen atoms in total. The van der Waals surface area contributed by atoms with Crippen LogP contribution in [0.3, 0.4) is 0 Å². The van der Waals surface area contributed by atoms with Crippen molar-refractivity contribution < 1.29 is 8.78 Å². The smallest absolute Gasteiger partial charge is 0.192 e. The van der Waals surface area contributed by atoms with Crippen molar-refractivity contribution >= 4 is 11.8 Å². The minimum absolute atomic E-state index is 0.509. The predicted molar refractivity (Wildman–Crippen MR) is 74.5 cm³/mol. The van der Waals surface area contributed by atoms with Crippen molar-refractivity contribution in [3.63, 3.8) is 0 Å². The quantitative estimate of drug-likeness (QED) is 0.654. The van der Waals surface area contributed by atoms with Gasteiger partial charge in [-0.3, -0.25) is 0 Å². The zero-order chi connectivity index (χ0) is 14.4. The second-order valence-corrected chi connectivity index (χ2v) is 5.27. The summed E-state index contributed by atoms with van der Waals surface area (Å²) in [7, 11) is 0. The Labute approximate surface area is 120 Å². The van der Waals surface area contributed by atoms with Gasteiger partial charge in [-0.25, -0.2) is 18.7 Å². The molecule has 0 unspecified atom stereocenters. The molecule has 6 heteroatoms. The van der Waals surface area contributed by atoms with Crippen molar-refractivity contribution in [2.75, 3.05) is 6.54 Å². The summed E-state index contributed by atoms with van der Waals surface area (Å²) in [6.45, 7) is 3.78. The van der Waals surface area contributed by atoms with Crippen molar-refractivity contribution in [2.45, 2.75) is 29.9 Å². The van der Waals surface area contributed by atoms with E-state index in [2.05, 4.69) is 22.2 Å². The highest BCUT2D eigenvalue weighted by molar-refractivity contribution is 7.99. The summed E-state index contributed by atoms with van der Waals surface area (Å²) in [6, 6.07) is 3.74. The molecule has 0 aliphatic heterocycles. The number of hydrogen-bond acceptors (Lipinski definition) is 4. The molecular formula is C14H15F2N3S. The van der Waals surface area contributed by atoms with Crippen molar-refractivity contribution in [3.05, 3.63) is 47.8 Å². The van der Waals surface area contributed by atoms with E-state index in [4.69, 9.17) is 0 Å². The minimum Gasteiger partial charge on any atom is -0.313 e. The van der Waals surface area contributed by atoms with E-state index in [1.807, 2.05) is 0 Å². The van der Waals surface area contributed by atoms with Gasteiger partial charge in [0.05, 0.1) is 0 Å². The molecule has 0 saturated carbocycles. The Hall–Kier alpha value is -1.53. The van der Waals surface area contributed by atoms with Gasteiger partial charge in [-0.05, 0) is 42.9 Å². The first-order valence-corrected chi connectivity index (χ1v) is 7.15. The Morgan fingerprint density at radius 1 is 1.15 bits per heavy atom. The van der Waals surface area contributed by atoms with E-state index in [1.165, 1.54) is 17.8 Å². The van der Waals surface area contributed by atoms with Gasteiger partial charge in [0.25, 0.3) is 0 Å². The van der Waals surface area contributed by atoms with Gasteiger partial charge >= 0.3 is 0 Å². The van der Waals surface area contributed by atoms with Crippen molar-refractivity contribution in [1.82, 2.24) is 15.3 Å². The van der Waals surface area contributed by atoms with Gasteiger partial charge in [0.15, 0.2) is 16.8 Å². The largest absolute Gasteiger partial charge is 0.313 e. The van der Waals surface area contributed by atoms with Crippen LogP contribution in [0.2, 0.25) is 0 Å². The van der Waals surface area contributed by atoms with E-state index in [0.717, 1.165) is 37.2 Å². The minimum atomic E-state index is -0.865. The van der Waals surface area contributed by atoms with Crippen molar-refractivity contribution in [3.8, 4) is 0 Å². The lowest BCUT2D eigenvalue weighted by atomic mass is 10.3. The highest BCUT2D eigenvalue weighted by atomic mass is 32.2. The Balaban J connectivity index is 1.97. The number of aromatic nitrogens is 2. The molecule has 2 aromatic rings. The Bertz CT molecular complexity index is 561. The molecule has 2 rings (SSSR count). The van der Waals surface area contributed by atoms with Crippen LogP contribution >= 0.6 is 11.8 Å². The van der Waals surface area contributed by atoms with Gasteiger partial charge in [0.1, 0.15) is 0 Å². The first kappa shape index (κ1) is 14.9. The fourth-order valence-corrected chi connectivity index (χ4v) is 2.26. The molecule has 0 saturated heterocycles. The summed E-state index contributed by atoms with van der Waals surface area (Å²) in [6.07, 6.45) is 4.54. The summed E-state index contributed by atoms with van der Waals surface area (Å²) < 4.78 is 25.9. The van der Waals surface area contributed by atoms with E-state index < -0.39 is 11.6 Å². The van der Waals surface area contributed by atoms with Crippen LogP contribution in [0, 0.1) is 11.6 Å². The molecule has 20 heavy (non-hydrogen) atoms. The number of nitrogens with one attached hydrogen (secondary N) is 1. The summed E-state index contributed by atoms with van der Waals surface area (Å²) in [4.78, 5) is 8.97. The molecule has 0 bridgehead atoms. The fourth-order valence-electron chi connectivity index (χ4n) is 1.54. The predicted octanol–water partition coefficient (Wildman–Crippen LogP) is 3.41. The van der Waals surface area contributed by atoms with E-state index in [9.17, 15) is 8.78 Å². The average Bonchev–Trinajstić information content (AvgIpc) is 2.45. The lowest BCUT2D eigenvalue weighted by Crippen LogP contribution is -2.14. The molecule has 1 heterocycles. The van der Waals surface area contributed by atoms with Gasteiger partial charge in [-0.2, -0.15) is 0 Å². The molecule has 106 valence electrons. The number of nitrogens with zero attached hydrogens (tertiary/aromatic N) is 2. The molecular weight excluding hydrogens is 280 g/mol. The van der Waals surface area contributed by atoms with E-state index in [1.54, 1.807) is 12.4 Å². The maximum absolute atomic E-state index is 13.1. The second kappa shape index (κ2) is 7.31. The van der Waals surface area contributed by atoms with E-state index >= 15 is 0 Å². The zero-order valence-corrected chi connectivity index (χ0v) is 11.9. The third-order valence-corrected chi connectivity index (χ3v) is 3.42. The highest BCUT2D eigenvalue weighted by Crippen LogP contribution is 2.25. The third kappa shape index (κ3) is 4.25.